The van der Waals surface area contributed by atoms with Crippen LogP contribution < -0.4 is 0 Å². The van der Waals surface area contributed by atoms with Crippen molar-refractivity contribution in [1.29, 1.82) is 0 Å². The quantitative estimate of drug-likeness (QED) is 0.445. The zero-order chi connectivity index (χ0) is 20.5. The molecule has 2 fully saturated rings. The maximum Gasteiger partial charge on any atom is 0.300 e. The second-order valence-electron chi connectivity index (χ2n) is 7.15. The van der Waals surface area contributed by atoms with Gasteiger partial charge < -0.3 is 9.64 Å². The van der Waals surface area contributed by atoms with Crippen LogP contribution in [0.4, 0.5) is 0 Å². The molecule has 0 aromatic carbocycles. The Morgan fingerprint density at radius 3 is 2.46 bits per heavy atom. The van der Waals surface area contributed by atoms with Gasteiger partial charge in [-0.2, -0.15) is 0 Å². The highest BCUT2D eigenvalue weighted by molar-refractivity contribution is 6.09. The largest absolute Gasteiger partial charge is 0.420 e. The lowest BCUT2D eigenvalue weighted by molar-refractivity contribution is -0.122. The van der Waals surface area contributed by atoms with Gasteiger partial charge in [-0.05, 0) is 58.3 Å². The minimum atomic E-state index is -0.118. The number of hydrogen-bond acceptors (Lipinski definition) is 4. The molecule has 2 aliphatic rings. The van der Waals surface area contributed by atoms with Crippen LogP contribution in [0.2, 0.25) is 0 Å². The lowest BCUT2D eigenvalue weighted by Gasteiger charge is -2.20. The molecule has 154 valence electrons. The monoisotopic (exact) mass is 385 g/mol. The summed E-state index contributed by atoms with van der Waals surface area (Å²) in [6.45, 7) is 14.6. The van der Waals surface area contributed by atoms with Crippen LogP contribution in [0.3, 0.4) is 0 Å². The van der Waals surface area contributed by atoms with Gasteiger partial charge in [-0.1, -0.05) is 38.0 Å². The average molecular weight is 386 g/mol. The summed E-state index contributed by atoms with van der Waals surface area (Å²) >= 11 is 0. The number of nitrogens with zero attached hydrogens (tertiary/aromatic N) is 3. The molecule has 0 radical (unpaired) electrons. The van der Waals surface area contributed by atoms with E-state index in [1.807, 2.05) is 32.1 Å². The van der Waals surface area contributed by atoms with E-state index in [2.05, 4.69) is 25.3 Å². The van der Waals surface area contributed by atoms with Crippen LogP contribution in [0.1, 0.15) is 59.8 Å². The van der Waals surface area contributed by atoms with E-state index in [9.17, 15) is 4.79 Å². The van der Waals surface area contributed by atoms with Crippen molar-refractivity contribution >= 4 is 11.9 Å². The van der Waals surface area contributed by atoms with Crippen LogP contribution in [-0.2, 0) is 9.53 Å². The smallest absolute Gasteiger partial charge is 0.300 e. The Hall–Kier alpha value is -2.30. The molecule has 2 rings (SSSR count). The highest BCUT2D eigenvalue weighted by atomic mass is 16.5. The van der Waals surface area contributed by atoms with Crippen LogP contribution >= 0.6 is 0 Å². The number of likely N-dealkylation sites (N-methyl/N-ethyl adjacent to an activating group) is 2. The van der Waals surface area contributed by atoms with Crippen LogP contribution in [0, 0.1) is 0 Å². The number of hydrogen-bond donors (Lipinski definition) is 0. The molecule has 1 saturated heterocycles. The number of carbonyl (C=O) groups excluding carboxylic acids is 1. The van der Waals surface area contributed by atoms with Gasteiger partial charge in [-0.15, -0.1) is 0 Å². The highest BCUT2D eigenvalue weighted by Gasteiger charge is 2.34. The minimum absolute atomic E-state index is 0.118. The summed E-state index contributed by atoms with van der Waals surface area (Å²) in [6, 6.07) is 0.723. The second-order valence-corrected chi connectivity index (χ2v) is 7.15. The normalized spacial score (nSPS) is 21.8. The number of rotatable bonds is 8. The first-order valence-electron chi connectivity index (χ1n) is 10.6. The summed E-state index contributed by atoms with van der Waals surface area (Å²) in [5.41, 5.74) is 1.86. The van der Waals surface area contributed by atoms with Gasteiger partial charge in [-0.25, -0.2) is 4.99 Å². The molecule has 0 N–H and O–H groups in total. The first-order valence-corrected chi connectivity index (χ1v) is 10.6. The van der Waals surface area contributed by atoms with Crippen molar-refractivity contribution in [2.75, 3.05) is 19.6 Å². The Bertz CT molecular complexity index is 678. The summed E-state index contributed by atoms with van der Waals surface area (Å²) in [7, 11) is 0. The standard InChI is InChI=1S/C23H35N3O2/c1-6-19(16-15-18(5)25(7-2)8-3)17-21-22(27)26(9-4)23(28-21)24-20-13-11-10-12-14-20/h6,15-17,20H,5,7-14H2,1-4H3/b16-15-,19-6+,21-17+,24-23+. The van der Waals surface area contributed by atoms with Gasteiger partial charge >= 0.3 is 6.02 Å². The van der Waals surface area contributed by atoms with Gasteiger partial charge in [0.1, 0.15) is 0 Å². The second kappa shape index (κ2) is 10.9. The van der Waals surface area contributed by atoms with Crippen molar-refractivity contribution in [3.63, 3.8) is 0 Å². The van der Waals surface area contributed by atoms with Gasteiger partial charge in [-0.3, -0.25) is 9.69 Å². The Labute approximate surface area is 170 Å². The number of allylic oxidation sites excluding steroid dienone is 5. The van der Waals surface area contributed by atoms with Crippen molar-refractivity contribution in [3.05, 3.63) is 47.9 Å². The van der Waals surface area contributed by atoms with Gasteiger partial charge in [0, 0.05) is 25.3 Å². The van der Waals surface area contributed by atoms with Gasteiger partial charge in [0.25, 0.3) is 5.91 Å². The molecule has 1 saturated carbocycles. The van der Waals surface area contributed by atoms with Crippen molar-refractivity contribution in [2.24, 2.45) is 4.99 Å². The van der Waals surface area contributed by atoms with E-state index >= 15 is 0 Å². The summed E-state index contributed by atoms with van der Waals surface area (Å²) in [6.07, 6.45) is 13.5. The Morgan fingerprint density at radius 1 is 1.21 bits per heavy atom. The maximum absolute atomic E-state index is 12.8. The van der Waals surface area contributed by atoms with Crippen LogP contribution in [0.15, 0.2) is 52.9 Å². The zero-order valence-electron chi connectivity index (χ0n) is 17.9. The number of amidine groups is 1. The summed E-state index contributed by atoms with van der Waals surface area (Å²) in [5, 5.41) is 0. The first kappa shape index (κ1) is 22.0. The highest BCUT2D eigenvalue weighted by Crippen LogP contribution is 2.24. The Kier molecular flexibility index (Phi) is 8.55. The number of carbonyl (C=O) groups is 1. The fourth-order valence-corrected chi connectivity index (χ4v) is 3.56. The number of amides is 1. The van der Waals surface area contributed by atoms with E-state index in [-0.39, 0.29) is 11.9 Å². The first-order chi connectivity index (χ1) is 13.5. The molecule has 1 heterocycles. The topological polar surface area (TPSA) is 45.1 Å². The van der Waals surface area contributed by atoms with E-state index in [0.717, 1.165) is 37.2 Å². The molecule has 0 atom stereocenters. The maximum atomic E-state index is 12.8. The molecule has 0 aromatic heterocycles. The van der Waals surface area contributed by atoms with Gasteiger partial charge in [0.15, 0.2) is 5.76 Å². The minimum Gasteiger partial charge on any atom is -0.420 e. The molecule has 0 aromatic rings. The average Bonchev–Trinajstić information content (AvgIpc) is 3.00. The molecule has 28 heavy (non-hydrogen) atoms. The predicted octanol–water partition coefficient (Wildman–Crippen LogP) is 4.80. The number of aliphatic imine (C=N–C) groups is 1. The molecule has 0 unspecified atom stereocenters. The molecule has 5 nitrogen and oxygen atoms in total. The summed E-state index contributed by atoms with van der Waals surface area (Å²) in [5.74, 6) is 0.218. The van der Waals surface area contributed by atoms with E-state index in [4.69, 9.17) is 9.73 Å². The molecular weight excluding hydrogens is 350 g/mol. The van der Waals surface area contributed by atoms with Crippen molar-refractivity contribution < 1.29 is 9.53 Å². The van der Waals surface area contributed by atoms with Crippen LogP contribution in [0.5, 0.6) is 0 Å². The zero-order valence-corrected chi connectivity index (χ0v) is 17.9. The van der Waals surface area contributed by atoms with Crippen LogP contribution in [-0.4, -0.2) is 47.4 Å². The summed E-state index contributed by atoms with van der Waals surface area (Å²) in [4.78, 5) is 21.3. The van der Waals surface area contributed by atoms with Gasteiger partial charge in [0.05, 0.1) is 6.04 Å². The Balaban J connectivity index is 2.15. The lowest BCUT2D eigenvalue weighted by Crippen LogP contribution is -2.30. The van der Waals surface area contributed by atoms with Crippen molar-refractivity contribution in [3.8, 4) is 0 Å². The third-order valence-electron chi connectivity index (χ3n) is 5.34. The number of ether oxygens (including phenoxy) is 1. The molecule has 0 bridgehead atoms. The third-order valence-corrected chi connectivity index (χ3v) is 5.34. The van der Waals surface area contributed by atoms with E-state index < -0.39 is 0 Å². The SMILES string of the molecule is C=C(\C=C/C(=C\C)/C=C1/O/C(=N/C2CCCCC2)N(CC)C1=O)N(CC)CC. The van der Waals surface area contributed by atoms with Crippen molar-refractivity contribution in [2.45, 2.75) is 65.8 Å². The fourth-order valence-electron chi connectivity index (χ4n) is 3.56. The van der Waals surface area contributed by atoms with Gasteiger partial charge in [0.2, 0.25) is 0 Å². The molecule has 0 spiro atoms. The summed E-state index contributed by atoms with van der Waals surface area (Å²) < 4.78 is 5.89. The third kappa shape index (κ3) is 5.60. The fraction of sp³-hybridized carbons (Fsp3) is 0.565. The van der Waals surface area contributed by atoms with E-state index in [1.54, 1.807) is 11.0 Å². The van der Waals surface area contributed by atoms with Crippen LogP contribution in [0.25, 0.3) is 0 Å². The predicted molar refractivity (Wildman–Crippen MR) is 116 cm³/mol. The van der Waals surface area contributed by atoms with Crippen molar-refractivity contribution in [1.82, 2.24) is 9.80 Å². The Morgan fingerprint density at radius 2 is 1.89 bits per heavy atom. The van der Waals surface area contributed by atoms with E-state index in [1.165, 1.54) is 19.3 Å². The molecule has 1 aliphatic carbocycles. The molecular formula is C23H35N3O2. The molecule has 1 aliphatic heterocycles. The van der Waals surface area contributed by atoms with E-state index in [0.29, 0.717) is 18.3 Å². The molecule has 5 heteroatoms. The lowest BCUT2D eigenvalue weighted by atomic mass is 9.96. The molecule has 1 amide bonds.